The van der Waals surface area contributed by atoms with Crippen molar-refractivity contribution in [3.8, 4) is 11.5 Å². The summed E-state index contributed by atoms with van der Waals surface area (Å²) in [5.74, 6) is 1.29. The number of hydrogen-bond donors (Lipinski definition) is 1. The monoisotopic (exact) mass is 608 g/mol. The highest BCUT2D eigenvalue weighted by Gasteiger charge is 2.40. The highest BCUT2D eigenvalue weighted by molar-refractivity contribution is 9.10. The maximum Gasteiger partial charge on any atom is 0.271 e. The maximum absolute atomic E-state index is 11.4. The second-order valence-electron chi connectivity index (χ2n) is 8.68. The summed E-state index contributed by atoms with van der Waals surface area (Å²) in [6, 6.07) is 12.1. The molecule has 6 nitrogen and oxygen atoms in total. The summed E-state index contributed by atoms with van der Waals surface area (Å²) in [4.78, 5) is 11.0. The zero-order valence-electron chi connectivity index (χ0n) is 18.9. The fourth-order valence-corrected chi connectivity index (χ4v) is 6.24. The fourth-order valence-electron chi connectivity index (χ4n) is 4.92. The third-order valence-corrected chi connectivity index (χ3v) is 8.09. The van der Waals surface area contributed by atoms with Gasteiger partial charge in [0.05, 0.1) is 33.3 Å². The molecule has 36 heavy (non-hydrogen) atoms. The Hall–Kier alpha value is -2.45. The minimum absolute atomic E-state index is 0.00949. The first-order valence-corrected chi connectivity index (χ1v) is 13.0. The van der Waals surface area contributed by atoms with Gasteiger partial charge in [0.25, 0.3) is 5.69 Å². The van der Waals surface area contributed by atoms with E-state index in [1.807, 2.05) is 18.2 Å². The Morgan fingerprint density at radius 2 is 1.94 bits per heavy atom. The van der Waals surface area contributed by atoms with Crippen molar-refractivity contribution in [1.82, 2.24) is 0 Å². The number of methoxy groups -OCH3 is 1. The summed E-state index contributed by atoms with van der Waals surface area (Å²) in [5.41, 5.74) is 3.33. The number of benzene rings is 3. The number of anilines is 1. The van der Waals surface area contributed by atoms with Crippen molar-refractivity contribution in [2.75, 3.05) is 12.4 Å². The molecule has 3 atom stereocenters. The van der Waals surface area contributed by atoms with Gasteiger partial charge in [-0.3, -0.25) is 10.1 Å². The molecule has 0 spiro atoms. The van der Waals surface area contributed by atoms with Crippen LogP contribution in [0.3, 0.4) is 0 Å². The lowest BCUT2D eigenvalue weighted by Gasteiger charge is -2.38. The van der Waals surface area contributed by atoms with Gasteiger partial charge in [-0.2, -0.15) is 0 Å². The lowest BCUT2D eigenvalue weighted by molar-refractivity contribution is -0.384. The van der Waals surface area contributed by atoms with Crippen molar-refractivity contribution in [2.24, 2.45) is 5.92 Å². The molecule has 3 aromatic rings. The quantitative estimate of drug-likeness (QED) is 0.172. The van der Waals surface area contributed by atoms with Gasteiger partial charge in [0, 0.05) is 33.7 Å². The van der Waals surface area contributed by atoms with Gasteiger partial charge in [0.15, 0.2) is 11.5 Å². The van der Waals surface area contributed by atoms with Crippen molar-refractivity contribution in [3.05, 3.63) is 101 Å². The van der Waals surface area contributed by atoms with Crippen LogP contribution in [0.1, 0.15) is 35.1 Å². The fraction of sp³-hybridized carbons (Fsp3) is 0.231. The average molecular weight is 611 g/mol. The van der Waals surface area contributed by atoms with Crippen LogP contribution < -0.4 is 14.8 Å². The Morgan fingerprint density at radius 3 is 2.67 bits per heavy atom. The van der Waals surface area contributed by atoms with E-state index in [4.69, 9.17) is 44.3 Å². The van der Waals surface area contributed by atoms with Crippen molar-refractivity contribution < 1.29 is 14.4 Å². The number of hydrogen-bond acceptors (Lipinski definition) is 5. The van der Waals surface area contributed by atoms with Gasteiger partial charge >= 0.3 is 0 Å². The minimum Gasteiger partial charge on any atom is -0.493 e. The van der Waals surface area contributed by atoms with Crippen LogP contribution in [0.2, 0.25) is 15.1 Å². The lowest BCUT2D eigenvalue weighted by atomic mass is 9.77. The Kier molecular flexibility index (Phi) is 7.10. The number of halogens is 4. The molecule has 1 aliphatic heterocycles. The van der Waals surface area contributed by atoms with E-state index in [9.17, 15) is 10.1 Å². The van der Waals surface area contributed by atoms with Crippen LogP contribution in [-0.4, -0.2) is 12.0 Å². The number of fused-ring (bicyclic) bond motifs is 3. The molecule has 2 aliphatic rings. The minimum atomic E-state index is -0.413. The number of allylic oxidation sites excluding steroid dienone is 2. The smallest absolute Gasteiger partial charge is 0.271 e. The maximum atomic E-state index is 11.4. The predicted octanol–water partition coefficient (Wildman–Crippen LogP) is 8.73. The molecule has 5 rings (SSSR count). The highest BCUT2D eigenvalue weighted by atomic mass is 79.9. The van der Waals surface area contributed by atoms with E-state index in [1.54, 1.807) is 25.3 Å². The van der Waals surface area contributed by atoms with Crippen LogP contribution in [0.4, 0.5) is 11.4 Å². The summed E-state index contributed by atoms with van der Waals surface area (Å²) in [6.07, 6.45) is 5.05. The van der Waals surface area contributed by atoms with Gasteiger partial charge in [0.2, 0.25) is 0 Å². The number of nitro groups is 1. The topological polar surface area (TPSA) is 73.6 Å². The number of nitrogens with one attached hydrogen (secondary N) is 1. The molecule has 1 heterocycles. The number of ether oxygens (including phenoxy) is 2. The molecule has 0 unspecified atom stereocenters. The largest absolute Gasteiger partial charge is 0.493 e. The Balaban J connectivity index is 1.48. The molecule has 0 amide bonds. The van der Waals surface area contributed by atoms with E-state index in [0.29, 0.717) is 32.3 Å². The van der Waals surface area contributed by atoms with E-state index < -0.39 is 4.92 Å². The van der Waals surface area contributed by atoms with Gasteiger partial charge in [0.1, 0.15) is 6.61 Å². The van der Waals surface area contributed by atoms with Crippen LogP contribution in [0, 0.1) is 16.0 Å². The molecule has 3 aromatic carbocycles. The third-order valence-electron chi connectivity index (χ3n) is 6.61. The summed E-state index contributed by atoms with van der Waals surface area (Å²) in [7, 11) is 1.59. The van der Waals surface area contributed by atoms with Crippen LogP contribution in [0.25, 0.3) is 0 Å². The van der Waals surface area contributed by atoms with E-state index in [-0.39, 0.29) is 30.2 Å². The molecule has 0 saturated heterocycles. The summed E-state index contributed by atoms with van der Waals surface area (Å²) < 4.78 is 12.5. The van der Waals surface area contributed by atoms with Crippen molar-refractivity contribution in [3.63, 3.8) is 0 Å². The molecular formula is C26H20BrCl3N2O4. The predicted molar refractivity (Wildman–Crippen MR) is 146 cm³/mol. The molecule has 0 aromatic heterocycles. The third kappa shape index (κ3) is 4.65. The summed E-state index contributed by atoms with van der Waals surface area (Å²) in [5, 5.41) is 16.4. The van der Waals surface area contributed by atoms with E-state index in [1.165, 1.54) is 6.07 Å². The lowest BCUT2D eigenvalue weighted by Crippen LogP contribution is -2.29. The number of non-ortho nitro benzene ring substituents is 1. The first-order valence-electron chi connectivity index (χ1n) is 11.1. The molecule has 1 aliphatic carbocycles. The molecule has 0 radical (unpaired) electrons. The SMILES string of the molecule is COc1cc([C@@H]2Nc3c(Cl)cc([N+](=O)[O-])cc3[C@H]3C=CC[C@@H]32)cc(Br)c1OCc1ccc(Cl)cc1Cl. The molecule has 10 heteroatoms. The zero-order valence-corrected chi connectivity index (χ0v) is 22.8. The number of rotatable bonds is 6. The van der Waals surface area contributed by atoms with Gasteiger partial charge in [-0.25, -0.2) is 0 Å². The van der Waals surface area contributed by atoms with Crippen LogP contribution in [0.5, 0.6) is 11.5 Å². The van der Waals surface area contributed by atoms with E-state index in [2.05, 4.69) is 33.4 Å². The first-order chi connectivity index (χ1) is 17.3. The Bertz CT molecular complexity index is 1400. The second kappa shape index (κ2) is 10.1. The Labute approximate surface area is 231 Å². The van der Waals surface area contributed by atoms with Crippen molar-refractivity contribution >= 4 is 62.1 Å². The summed E-state index contributed by atoms with van der Waals surface area (Å²) in [6.45, 7) is 0.238. The second-order valence-corrected chi connectivity index (χ2v) is 10.8. The molecule has 1 N–H and O–H groups in total. The van der Waals surface area contributed by atoms with Gasteiger partial charge in [-0.1, -0.05) is 53.0 Å². The summed E-state index contributed by atoms with van der Waals surface area (Å²) >= 11 is 22.5. The van der Waals surface area contributed by atoms with Crippen molar-refractivity contribution in [2.45, 2.75) is 25.0 Å². The van der Waals surface area contributed by atoms with Gasteiger partial charge in [-0.05, 0) is 63.7 Å². The standard InChI is InChI=1S/C26H20BrCl3N2O4/c1-35-23-8-14(7-20(27)26(23)36-12-13-5-6-15(28)9-21(13)29)24-18-4-2-3-17(18)19-10-16(32(33)34)11-22(30)25(19)31-24/h2-3,5-11,17-18,24,31H,4,12H2,1H3/t17-,18-,24-/m0/s1. The van der Waals surface area contributed by atoms with Crippen molar-refractivity contribution in [1.29, 1.82) is 0 Å². The Morgan fingerprint density at radius 1 is 1.14 bits per heavy atom. The normalized spacial score (nSPS) is 19.9. The molecular weight excluding hydrogens is 591 g/mol. The van der Waals surface area contributed by atoms with Gasteiger partial charge < -0.3 is 14.8 Å². The first kappa shape index (κ1) is 25.2. The molecule has 186 valence electrons. The van der Waals surface area contributed by atoms with Crippen LogP contribution in [0.15, 0.2) is 59.1 Å². The highest BCUT2D eigenvalue weighted by Crippen LogP contribution is 2.53. The van der Waals surface area contributed by atoms with Crippen LogP contribution >= 0.6 is 50.7 Å². The number of nitro benzene ring substituents is 1. The van der Waals surface area contributed by atoms with Crippen LogP contribution in [-0.2, 0) is 6.61 Å². The zero-order chi connectivity index (χ0) is 25.6. The molecule has 0 saturated carbocycles. The van der Waals surface area contributed by atoms with E-state index in [0.717, 1.165) is 27.6 Å². The molecule has 0 bridgehead atoms. The molecule has 0 fully saturated rings. The van der Waals surface area contributed by atoms with Gasteiger partial charge in [-0.15, -0.1) is 0 Å². The van der Waals surface area contributed by atoms with E-state index >= 15 is 0 Å². The number of nitrogens with zero attached hydrogens (tertiary/aromatic N) is 1. The average Bonchev–Trinajstić information content (AvgIpc) is 3.33.